The lowest BCUT2D eigenvalue weighted by molar-refractivity contribution is -0.132. The average Bonchev–Trinajstić information content (AvgIpc) is 3.28. The summed E-state index contributed by atoms with van der Waals surface area (Å²) in [4.78, 5) is 25.7. The molecule has 2 aromatic rings. The Labute approximate surface area is 185 Å². The van der Waals surface area contributed by atoms with Crippen LogP contribution in [0.15, 0.2) is 45.9 Å². The Bertz CT molecular complexity index is 1050. The van der Waals surface area contributed by atoms with Gasteiger partial charge in [-0.15, -0.1) is 0 Å². The molecule has 0 saturated carbocycles. The summed E-state index contributed by atoms with van der Waals surface area (Å²) in [5.41, 5.74) is 0. The first-order chi connectivity index (χ1) is 15.3. The summed E-state index contributed by atoms with van der Waals surface area (Å²) in [6, 6.07) is 8.26. The van der Waals surface area contributed by atoms with E-state index in [4.69, 9.17) is 13.9 Å². The first kappa shape index (κ1) is 23.7. The summed E-state index contributed by atoms with van der Waals surface area (Å²) in [6.07, 6.45) is 0.694. The predicted molar refractivity (Wildman–Crippen MR) is 111 cm³/mol. The molecule has 0 radical (unpaired) electrons. The predicted octanol–water partition coefficient (Wildman–Crippen LogP) is 2.29. The number of amides is 1. The van der Waals surface area contributed by atoms with Crippen LogP contribution < -0.4 is 4.74 Å². The molecular weight excluding hydrogens is 443 g/mol. The Balaban J connectivity index is 1.45. The molecule has 0 N–H and O–H groups in total. The minimum atomic E-state index is -3.92. The van der Waals surface area contributed by atoms with Crippen LogP contribution in [0.2, 0.25) is 0 Å². The van der Waals surface area contributed by atoms with Gasteiger partial charge in [-0.1, -0.05) is 6.07 Å². The van der Waals surface area contributed by atoms with Crippen molar-refractivity contribution in [2.24, 2.45) is 0 Å². The number of halogens is 1. The molecular formula is C21H25FN2O7S. The van der Waals surface area contributed by atoms with Crippen LogP contribution in [0.4, 0.5) is 4.39 Å². The highest BCUT2D eigenvalue weighted by molar-refractivity contribution is 7.89. The van der Waals surface area contributed by atoms with E-state index in [0.29, 0.717) is 12.2 Å². The van der Waals surface area contributed by atoms with E-state index >= 15 is 0 Å². The smallest absolute Gasteiger partial charge is 0.374 e. The maximum Gasteiger partial charge on any atom is 0.374 e. The fraction of sp³-hybridized carbons (Fsp3) is 0.429. The number of carbonyl (C=O) groups excluding carboxylic acids is 2. The van der Waals surface area contributed by atoms with Crippen LogP contribution in [0.5, 0.6) is 5.75 Å². The zero-order valence-electron chi connectivity index (χ0n) is 17.7. The van der Waals surface area contributed by atoms with Gasteiger partial charge < -0.3 is 18.8 Å². The summed E-state index contributed by atoms with van der Waals surface area (Å²) in [5.74, 6) is -1.00. The number of ether oxygens (including phenoxy) is 2. The van der Waals surface area contributed by atoms with Crippen molar-refractivity contribution >= 4 is 21.9 Å². The number of sulfonamides is 1. The molecule has 32 heavy (non-hydrogen) atoms. The number of carbonyl (C=O) groups is 2. The van der Waals surface area contributed by atoms with Gasteiger partial charge in [0.05, 0.1) is 13.2 Å². The van der Waals surface area contributed by atoms with Crippen molar-refractivity contribution in [3.8, 4) is 5.75 Å². The molecule has 1 amide bonds. The third-order valence-electron chi connectivity index (χ3n) is 4.84. The van der Waals surface area contributed by atoms with Crippen LogP contribution >= 0.6 is 0 Å². The van der Waals surface area contributed by atoms with Crippen molar-refractivity contribution in [3.05, 3.63) is 48.0 Å². The Hall–Kier alpha value is -2.92. The Morgan fingerprint density at radius 1 is 1.12 bits per heavy atom. The van der Waals surface area contributed by atoms with Gasteiger partial charge >= 0.3 is 5.97 Å². The van der Waals surface area contributed by atoms with Crippen LogP contribution in [-0.2, 0) is 19.6 Å². The summed E-state index contributed by atoms with van der Waals surface area (Å²) < 4.78 is 55.3. The Morgan fingerprint density at radius 2 is 1.88 bits per heavy atom. The minimum Gasteiger partial charge on any atom is -0.493 e. The van der Waals surface area contributed by atoms with Crippen molar-refractivity contribution in [1.82, 2.24) is 9.21 Å². The van der Waals surface area contributed by atoms with E-state index in [1.165, 1.54) is 28.6 Å². The number of hydrogen-bond donors (Lipinski definition) is 0. The second kappa shape index (κ2) is 10.6. The Kier molecular flexibility index (Phi) is 7.86. The standard InChI is InChI=1S/C21H25FN2O7S/c1-2-29-21(26)18-8-9-20(31-18)32(27,28)24-12-10-23(11-13-24)19(25)7-4-14-30-17-6-3-5-16(22)15-17/h3,5-6,8-9,15H,2,4,7,10-14H2,1H3. The SMILES string of the molecule is CCOC(=O)c1ccc(S(=O)(=O)N2CCN(C(=O)CCCOc3cccc(F)c3)CC2)o1. The fourth-order valence-corrected chi connectivity index (χ4v) is 4.54. The van der Waals surface area contributed by atoms with Crippen LogP contribution in [-0.4, -0.2) is 68.9 Å². The van der Waals surface area contributed by atoms with Crippen molar-refractivity contribution in [3.63, 3.8) is 0 Å². The molecule has 1 fully saturated rings. The molecule has 0 atom stereocenters. The fourth-order valence-electron chi connectivity index (χ4n) is 3.20. The van der Waals surface area contributed by atoms with Gasteiger partial charge in [0.2, 0.25) is 16.8 Å². The Morgan fingerprint density at radius 3 is 2.56 bits per heavy atom. The maximum absolute atomic E-state index is 13.1. The normalized spacial score (nSPS) is 14.9. The van der Waals surface area contributed by atoms with Crippen molar-refractivity contribution < 1.29 is 36.3 Å². The van der Waals surface area contributed by atoms with Gasteiger partial charge in [0, 0.05) is 38.7 Å². The minimum absolute atomic E-state index is 0.104. The summed E-state index contributed by atoms with van der Waals surface area (Å²) in [5, 5.41) is -0.338. The van der Waals surface area contributed by atoms with Gasteiger partial charge in [0.15, 0.2) is 0 Å². The lowest BCUT2D eigenvalue weighted by Crippen LogP contribution is -2.50. The average molecular weight is 469 g/mol. The molecule has 1 aliphatic rings. The molecule has 0 aliphatic carbocycles. The maximum atomic E-state index is 13.1. The molecule has 9 nitrogen and oxygen atoms in total. The van der Waals surface area contributed by atoms with Gasteiger partial charge in [-0.25, -0.2) is 17.6 Å². The van der Waals surface area contributed by atoms with Gasteiger partial charge in [-0.3, -0.25) is 4.79 Å². The van der Waals surface area contributed by atoms with E-state index in [0.717, 1.165) is 0 Å². The number of rotatable bonds is 9. The van der Waals surface area contributed by atoms with Crippen molar-refractivity contribution in [2.45, 2.75) is 24.9 Å². The lowest BCUT2D eigenvalue weighted by atomic mass is 10.2. The topological polar surface area (TPSA) is 106 Å². The number of hydrogen-bond acceptors (Lipinski definition) is 7. The highest BCUT2D eigenvalue weighted by atomic mass is 32.2. The van der Waals surface area contributed by atoms with Crippen molar-refractivity contribution in [1.29, 1.82) is 0 Å². The summed E-state index contributed by atoms with van der Waals surface area (Å²) in [6.45, 7) is 2.77. The largest absolute Gasteiger partial charge is 0.493 e. The van der Waals surface area contributed by atoms with E-state index in [2.05, 4.69) is 0 Å². The molecule has 174 valence electrons. The van der Waals surface area contributed by atoms with Crippen molar-refractivity contribution in [2.75, 3.05) is 39.4 Å². The highest BCUT2D eigenvalue weighted by Gasteiger charge is 2.32. The highest BCUT2D eigenvalue weighted by Crippen LogP contribution is 2.21. The molecule has 1 aliphatic heterocycles. The number of esters is 1. The van der Waals surface area contributed by atoms with Crippen LogP contribution in [0.25, 0.3) is 0 Å². The van der Waals surface area contributed by atoms with Gasteiger partial charge in [-0.2, -0.15) is 4.31 Å². The van der Waals surface area contributed by atoms with Crippen LogP contribution in [0.1, 0.15) is 30.3 Å². The van der Waals surface area contributed by atoms with E-state index in [-0.39, 0.29) is 62.6 Å². The second-order valence-corrected chi connectivity index (χ2v) is 8.90. The molecule has 0 unspecified atom stereocenters. The summed E-state index contributed by atoms with van der Waals surface area (Å²) >= 11 is 0. The molecule has 0 spiro atoms. The molecule has 3 rings (SSSR count). The van der Waals surface area contributed by atoms with Crippen LogP contribution in [0, 0.1) is 5.82 Å². The zero-order chi connectivity index (χ0) is 23.1. The van der Waals surface area contributed by atoms with Gasteiger partial charge in [0.25, 0.3) is 10.0 Å². The first-order valence-corrected chi connectivity index (χ1v) is 11.7. The third kappa shape index (κ3) is 5.86. The van der Waals surface area contributed by atoms with E-state index in [1.807, 2.05) is 0 Å². The van der Waals surface area contributed by atoms with Gasteiger partial charge in [0.1, 0.15) is 11.6 Å². The second-order valence-electron chi connectivity index (χ2n) is 7.03. The third-order valence-corrected chi connectivity index (χ3v) is 6.62. The van der Waals surface area contributed by atoms with Gasteiger partial charge in [-0.05, 0) is 37.6 Å². The molecule has 1 saturated heterocycles. The molecule has 11 heteroatoms. The number of nitrogens with zero attached hydrogens (tertiary/aromatic N) is 2. The lowest BCUT2D eigenvalue weighted by Gasteiger charge is -2.33. The molecule has 2 heterocycles. The van der Waals surface area contributed by atoms with E-state index < -0.39 is 21.8 Å². The summed E-state index contributed by atoms with van der Waals surface area (Å²) in [7, 11) is -3.92. The first-order valence-electron chi connectivity index (χ1n) is 10.2. The number of benzene rings is 1. The van der Waals surface area contributed by atoms with E-state index in [9.17, 15) is 22.4 Å². The molecule has 0 bridgehead atoms. The van der Waals surface area contributed by atoms with Crippen LogP contribution in [0.3, 0.4) is 0 Å². The number of piperazine rings is 1. The number of furan rings is 1. The quantitative estimate of drug-likeness (QED) is 0.411. The monoisotopic (exact) mass is 468 g/mol. The van der Waals surface area contributed by atoms with E-state index in [1.54, 1.807) is 24.0 Å². The molecule has 1 aromatic carbocycles. The zero-order valence-corrected chi connectivity index (χ0v) is 18.5. The molecule has 1 aromatic heterocycles.